The van der Waals surface area contributed by atoms with Gasteiger partial charge in [-0.15, -0.1) is 0 Å². The maximum Gasteiger partial charge on any atom is 0.00684 e. The van der Waals surface area contributed by atoms with E-state index in [1.54, 1.807) is 0 Å². The third-order valence-electron chi connectivity index (χ3n) is 4.91. The Morgan fingerprint density at radius 3 is 2.35 bits per heavy atom. The van der Waals surface area contributed by atoms with Crippen LogP contribution >= 0.6 is 0 Å². The van der Waals surface area contributed by atoms with Gasteiger partial charge in [-0.1, -0.05) is 20.8 Å². The lowest BCUT2D eigenvalue weighted by atomic mass is 9.81. The van der Waals surface area contributed by atoms with Crippen molar-refractivity contribution in [3.8, 4) is 0 Å². The number of hydrogen-bond acceptors (Lipinski definition) is 2. The molecular weight excluding hydrogens is 208 g/mol. The Bertz CT molecular complexity index is 231. The molecule has 1 atom stereocenters. The van der Waals surface area contributed by atoms with E-state index in [2.05, 4.69) is 31.0 Å². The van der Waals surface area contributed by atoms with Crippen molar-refractivity contribution in [1.29, 1.82) is 0 Å². The van der Waals surface area contributed by atoms with E-state index >= 15 is 0 Å². The highest BCUT2D eigenvalue weighted by atomic mass is 15.2. The van der Waals surface area contributed by atoms with Crippen molar-refractivity contribution in [2.45, 2.75) is 58.9 Å². The van der Waals surface area contributed by atoms with E-state index in [4.69, 9.17) is 0 Å². The molecule has 1 aliphatic carbocycles. The molecule has 1 N–H and O–H groups in total. The number of rotatable bonds is 7. The molecule has 0 amide bonds. The first-order valence-corrected chi connectivity index (χ1v) is 7.63. The second kappa shape index (κ2) is 5.71. The first-order valence-electron chi connectivity index (χ1n) is 7.63. The molecule has 2 aliphatic rings. The zero-order chi connectivity index (χ0) is 12.3. The van der Waals surface area contributed by atoms with Crippen LogP contribution in [0.5, 0.6) is 0 Å². The summed E-state index contributed by atoms with van der Waals surface area (Å²) >= 11 is 0. The highest BCUT2D eigenvalue weighted by molar-refractivity contribution is 4.89. The third kappa shape index (κ3) is 3.69. The average molecular weight is 238 g/mol. The highest BCUT2D eigenvalue weighted by Gasteiger charge is 2.33. The Balaban J connectivity index is 1.84. The van der Waals surface area contributed by atoms with E-state index < -0.39 is 0 Å². The van der Waals surface area contributed by atoms with Gasteiger partial charge >= 0.3 is 0 Å². The molecule has 0 aromatic rings. The molecule has 0 bridgehead atoms. The maximum atomic E-state index is 3.76. The van der Waals surface area contributed by atoms with E-state index in [1.807, 2.05) is 0 Å². The fourth-order valence-corrected chi connectivity index (χ4v) is 3.07. The number of nitrogens with zero attached hydrogens (tertiary/aromatic N) is 1. The average Bonchev–Trinajstić information content (AvgIpc) is 3.08. The van der Waals surface area contributed by atoms with Gasteiger partial charge in [-0.25, -0.2) is 0 Å². The van der Waals surface area contributed by atoms with Gasteiger partial charge in [-0.3, -0.25) is 0 Å². The number of hydrogen-bond donors (Lipinski definition) is 1. The Morgan fingerprint density at radius 1 is 1.18 bits per heavy atom. The summed E-state index contributed by atoms with van der Waals surface area (Å²) in [5, 5.41) is 3.76. The summed E-state index contributed by atoms with van der Waals surface area (Å²) in [6.45, 7) is 12.3. The molecule has 0 radical (unpaired) electrons. The lowest BCUT2D eigenvalue weighted by molar-refractivity contribution is 0.151. The van der Waals surface area contributed by atoms with Crippen molar-refractivity contribution < 1.29 is 0 Å². The lowest BCUT2D eigenvalue weighted by Gasteiger charge is -2.36. The summed E-state index contributed by atoms with van der Waals surface area (Å²) in [4.78, 5) is 2.70. The topological polar surface area (TPSA) is 15.3 Å². The smallest absolute Gasteiger partial charge is 0.00684 e. The number of nitrogens with one attached hydrogen (secondary N) is 1. The standard InChI is InChI=1S/C15H30N2/c1-4-15(5-2,11-16-14-6-7-14)12-17-9-8-13(3)10-17/h13-14,16H,4-12H2,1-3H3. The Kier molecular flexibility index (Phi) is 4.48. The second-order valence-corrected chi connectivity index (χ2v) is 6.49. The largest absolute Gasteiger partial charge is 0.313 e. The lowest BCUT2D eigenvalue weighted by Crippen LogP contribution is -2.43. The summed E-state index contributed by atoms with van der Waals surface area (Å²) in [6, 6.07) is 0.852. The first-order chi connectivity index (χ1) is 8.17. The third-order valence-corrected chi connectivity index (χ3v) is 4.91. The van der Waals surface area contributed by atoms with Crippen molar-refractivity contribution in [3.63, 3.8) is 0 Å². The van der Waals surface area contributed by atoms with Gasteiger partial charge in [0.2, 0.25) is 0 Å². The van der Waals surface area contributed by atoms with Gasteiger partial charge < -0.3 is 10.2 Å². The molecular formula is C15H30N2. The van der Waals surface area contributed by atoms with Crippen molar-refractivity contribution in [1.82, 2.24) is 10.2 Å². The normalized spacial score (nSPS) is 26.6. The summed E-state index contributed by atoms with van der Waals surface area (Å²) in [5.41, 5.74) is 0.520. The van der Waals surface area contributed by atoms with Crippen LogP contribution in [-0.4, -0.2) is 37.1 Å². The quantitative estimate of drug-likeness (QED) is 0.733. The molecule has 1 heterocycles. The molecule has 100 valence electrons. The fraction of sp³-hybridized carbons (Fsp3) is 1.00. The van der Waals surface area contributed by atoms with Gasteiger partial charge in [0.15, 0.2) is 0 Å². The Hall–Kier alpha value is -0.0800. The van der Waals surface area contributed by atoms with E-state index in [0.717, 1.165) is 12.0 Å². The summed E-state index contributed by atoms with van der Waals surface area (Å²) in [7, 11) is 0. The van der Waals surface area contributed by atoms with E-state index in [9.17, 15) is 0 Å². The summed E-state index contributed by atoms with van der Waals surface area (Å²) < 4.78 is 0. The van der Waals surface area contributed by atoms with Crippen LogP contribution in [0.15, 0.2) is 0 Å². The summed E-state index contributed by atoms with van der Waals surface area (Å²) in [6.07, 6.45) is 6.84. The van der Waals surface area contributed by atoms with Crippen LogP contribution in [0.2, 0.25) is 0 Å². The fourth-order valence-electron chi connectivity index (χ4n) is 3.07. The van der Waals surface area contributed by atoms with Crippen molar-refractivity contribution in [2.24, 2.45) is 11.3 Å². The van der Waals surface area contributed by atoms with Crippen LogP contribution in [0.3, 0.4) is 0 Å². The van der Waals surface area contributed by atoms with E-state index in [-0.39, 0.29) is 0 Å². The molecule has 2 rings (SSSR count). The minimum atomic E-state index is 0.520. The van der Waals surface area contributed by atoms with Crippen molar-refractivity contribution >= 4 is 0 Å². The van der Waals surface area contributed by atoms with Crippen molar-refractivity contribution in [2.75, 3.05) is 26.2 Å². The SMILES string of the molecule is CCC(CC)(CNC1CC1)CN1CCC(C)C1. The van der Waals surface area contributed by atoms with Crippen LogP contribution in [-0.2, 0) is 0 Å². The molecule has 0 aromatic carbocycles. The molecule has 1 unspecified atom stereocenters. The van der Waals surface area contributed by atoms with Crippen LogP contribution in [0.25, 0.3) is 0 Å². The van der Waals surface area contributed by atoms with Gasteiger partial charge in [0.05, 0.1) is 0 Å². The molecule has 2 nitrogen and oxygen atoms in total. The zero-order valence-corrected chi connectivity index (χ0v) is 12.0. The first kappa shape index (κ1) is 13.4. The number of likely N-dealkylation sites (tertiary alicyclic amines) is 1. The van der Waals surface area contributed by atoms with Gasteiger partial charge in [-0.05, 0) is 50.0 Å². The molecule has 1 aliphatic heterocycles. The molecule has 0 spiro atoms. The van der Waals surface area contributed by atoms with Crippen LogP contribution < -0.4 is 5.32 Å². The van der Waals surface area contributed by atoms with Crippen LogP contribution in [0.4, 0.5) is 0 Å². The minimum absolute atomic E-state index is 0.520. The zero-order valence-electron chi connectivity index (χ0n) is 12.0. The van der Waals surface area contributed by atoms with Crippen molar-refractivity contribution in [3.05, 3.63) is 0 Å². The molecule has 1 saturated heterocycles. The molecule has 1 saturated carbocycles. The van der Waals surface area contributed by atoms with Crippen LogP contribution in [0.1, 0.15) is 52.9 Å². The molecule has 17 heavy (non-hydrogen) atoms. The molecule has 0 aromatic heterocycles. The van der Waals surface area contributed by atoms with E-state index in [1.165, 1.54) is 58.3 Å². The summed E-state index contributed by atoms with van der Waals surface area (Å²) in [5.74, 6) is 0.915. The van der Waals surface area contributed by atoms with E-state index in [0.29, 0.717) is 5.41 Å². The highest BCUT2D eigenvalue weighted by Crippen LogP contribution is 2.31. The molecule has 2 heteroatoms. The Labute approximate surface area is 107 Å². The Morgan fingerprint density at radius 2 is 1.88 bits per heavy atom. The van der Waals surface area contributed by atoms with Gasteiger partial charge in [-0.2, -0.15) is 0 Å². The monoisotopic (exact) mass is 238 g/mol. The van der Waals surface area contributed by atoms with Gasteiger partial charge in [0, 0.05) is 25.7 Å². The predicted molar refractivity (Wildman–Crippen MR) is 74.3 cm³/mol. The minimum Gasteiger partial charge on any atom is -0.313 e. The molecule has 2 fully saturated rings. The predicted octanol–water partition coefficient (Wildman–Crippen LogP) is 2.89. The van der Waals surface area contributed by atoms with Gasteiger partial charge in [0.25, 0.3) is 0 Å². The van der Waals surface area contributed by atoms with Gasteiger partial charge in [0.1, 0.15) is 0 Å². The second-order valence-electron chi connectivity index (χ2n) is 6.49. The van der Waals surface area contributed by atoms with Crippen LogP contribution in [0, 0.1) is 11.3 Å². The maximum absolute atomic E-state index is 3.76.